The fourth-order valence-corrected chi connectivity index (χ4v) is 8.07. The van der Waals surface area contributed by atoms with Gasteiger partial charge in [0.2, 0.25) is 0 Å². The lowest BCUT2D eigenvalue weighted by Crippen LogP contribution is -2.08. The first kappa shape index (κ1) is 31.4. The monoisotopic (exact) mass is 692 g/mol. The molecule has 10 aromatic rings. The number of hydrogen-bond acceptors (Lipinski definition) is 4. The van der Waals surface area contributed by atoms with Crippen molar-refractivity contribution in [1.82, 2.24) is 24.1 Å². The van der Waals surface area contributed by atoms with Crippen LogP contribution in [0.15, 0.2) is 158 Å². The molecule has 3 heterocycles. The van der Waals surface area contributed by atoms with Crippen LogP contribution in [-0.2, 0) is 0 Å². The number of aromatic nitrogens is 5. The first-order valence-electron chi connectivity index (χ1n) is 18.0. The van der Waals surface area contributed by atoms with Crippen molar-refractivity contribution in [2.45, 2.75) is 13.8 Å². The summed E-state index contributed by atoms with van der Waals surface area (Å²) in [5, 5.41) is 15.2. The molecule has 0 amide bonds. The molecule has 0 atom stereocenters. The van der Waals surface area contributed by atoms with E-state index in [1.807, 2.05) is 38.1 Å². The molecule has 0 aliphatic carbocycles. The molecule has 0 aliphatic heterocycles. The van der Waals surface area contributed by atoms with Crippen LogP contribution in [0.4, 0.5) is 0 Å². The summed E-state index contributed by atoms with van der Waals surface area (Å²) in [6.45, 7) is 3.81. The van der Waals surface area contributed by atoms with E-state index in [1.165, 1.54) is 0 Å². The highest BCUT2D eigenvalue weighted by atomic mass is 15.1. The fourth-order valence-electron chi connectivity index (χ4n) is 8.07. The van der Waals surface area contributed by atoms with Gasteiger partial charge in [-0.05, 0) is 72.5 Å². The van der Waals surface area contributed by atoms with Crippen molar-refractivity contribution >= 4 is 43.6 Å². The molecule has 6 nitrogen and oxygen atoms in total. The summed E-state index contributed by atoms with van der Waals surface area (Å²) in [7, 11) is 0. The van der Waals surface area contributed by atoms with E-state index in [1.54, 1.807) is 0 Å². The van der Waals surface area contributed by atoms with Gasteiger partial charge in [-0.1, -0.05) is 121 Å². The molecule has 0 fully saturated rings. The zero-order chi connectivity index (χ0) is 36.3. The van der Waals surface area contributed by atoms with E-state index in [-0.39, 0.29) is 0 Å². The molecule has 0 unspecified atom stereocenters. The number of nitriles is 1. The van der Waals surface area contributed by atoms with Gasteiger partial charge >= 0.3 is 0 Å². The molecule has 3 aromatic heterocycles. The summed E-state index contributed by atoms with van der Waals surface area (Å²) in [4.78, 5) is 14.6. The molecule has 0 aliphatic rings. The number of aryl methyl sites for hydroxylation is 2. The van der Waals surface area contributed by atoms with Gasteiger partial charge in [-0.2, -0.15) is 5.26 Å². The van der Waals surface area contributed by atoms with Crippen LogP contribution >= 0.6 is 0 Å². The summed E-state index contributed by atoms with van der Waals surface area (Å²) >= 11 is 0. The second-order valence-corrected chi connectivity index (χ2v) is 13.7. The highest BCUT2D eigenvalue weighted by molar-refractivity contribution is 6.13. The minimum atomic E-state index is 0.529. The summed E-state index contributed by atoms with van der Waals surface area (Å²) in [5.41, 5.74) is 11.5. The molecule has 0 saturated heterocycles. The third-order valence-corrected chi connectivity index (χ3v) is 10.4. The second kappa shape index (κ2) is 12.4. The van der Waals surface area contributed by atoms with Crippen LogP contribution in [0.25, 0.3) is 88.6 Å². The predicted molar refractivity (Wildman–Crippen MR) is 219 cm³/mol. The molecule has 7 aromatic carbocycles. The average molecular weight is 693 g/mol. The molecule has 6 heteroatoms. The van der Waals surface area contributed by atoms with Crippen molar-refractivity contribution in [2.75, 3.05) is 0 Å². The van der Waals surface area contributed by atoms with E-state index in [2.05, 4.69) is 154 Å². The van der Waals surface area contributed by atoms with Crippen molar-refractivity contribution in [3.05, 3.63) is 175 Å². The highest BCUT2D eigenvalue weighted by Crippen LogP contribution is 2.43. The minimum absolute atomic E-state index is 0.529. The van der Waals surface area contributed by atoms with Crippen molar-refractivity contribution in [1.29, 1.82) is 5.26 Å². The summed E-state index contributed by atoms with van der Waals surface area (Å²) in [6, 6.07) is 57.6. The number of para-hydroxylation sites is 2. The number of rotatable bonds is 5. The SMILES string of the molecule is Cc1nc(C)nc(-c2c(-n3c4ccccc4c4ccc(-c5ccccc5)cc43)cc(C#N)cc2-n2c3ccccc3c3ccc(-c4ccccc4)cc32)n1. The quantitative estimate of drug-likeness (QED) is 0.180. The Morgan fingerprint density at radius 3 is 1.31 bits per heavy atom. The van der Waals surface area contributed by atoms with Crippen molar-refractivity contribution in [2.24, 2.45) is 0 Å². The minimum Gasteiger partial charge on any atom is -0.308 e. The van der Waals surface area contributed by atoms with Gasteiger partial charge in [0.15, 0.2) is 5.82 Å². The molecule has 0 radical (unpaired) electrons. The Balaban J connectivity index is 1.38. The topological polar surface area (TPSA) is 72.3 Å². The molecule has 10 rings (SSSR count). The smallest absolute Gasteiger partial charge is 0.167 e. The molecular formula is C48H32N6. The van der Waals surface area contributed by atoms with Gasteiger partial charge in [-0.15, -0.1) is 0 Å². The van der Waals surface area contributed by atoms with Gasteiger partial charge in [0.1, 0.15) is 11.6 Å². The highest BCUT2D eigenvalue weighted by Gasteiger charge is 2.25. The van der Waals surface area contributed by atoms with Crippen LogP contribution in [0.5, 0.6) is 0 Å². The molecule has 0 N–H and O–H groups in total. The first-order chi connectivity index (χ1) is 26.6. The van der Waals surface area contributed by atoms with Crippen molar-refractivity contribution in [3.63, 3.8) is 0 Å². The van der Waals surface area contributed by atoms with Gasteiger partial charge in [0.05, 0.1) is 50.6 Å². The maximum atomic E-state index is 10.8. The first-order valence-corrected chi connectivity index (χ1v) is 18.0. The third-order valence-electron chi connectivity index (χ3n) is 10.4. The zero-order valence-corrected chi connectivity index (χ0v) is 29.7. The molecular weight excluding hydrogens is 661 g/mol. The lowest BCUT2D eigenvalue weighted by molar-refractivity contribution is 0.924. The lowest BCUT2D eigenvalue weighted by atomic mass is 10.0. The Kier molecular flexibility index (Phi) is 7.21. The largest absolute Gasteiger partial charge is 0.308 e. The van der Waals surface area contributed by atoms with Crippen LogP contribution in [0.1, 0.15) is 17.2 Å². The standard InChI is InChI=1S/C48H32N6/c1-30-50-31(2)52-48(51-30)47-45(53-41-19-11-9-17-37(41)39-23-21-35(27-43(39)53)33-13-5-3-6-14-33)25-32(29-49)26-46(47)54-42-20-12-10-18-38(42)40-24-22-36(28-44(40)54)34-15-7-4-8-16-34/h3-28H,1-2H3. The van der Waals surface area contributed by atoms with E-state index in [4.69, 9.17) is 9.97 Å². The Hall–Kier alpha value is -7.36. The second-order valence-electron chi connectivity index (χ2n) is 13.7. The number of nitrogens with zero attached hydrogens (tertiary/aromatic N) is 6. The van der Waals surface area contributed by atoms with Gasteiger partial charge in [-0.3, -0.25) is 0 Å². The van der Waals surface area contributed by atoms with Crippen LogP contribution in [0.3, 0.4) is 0 Å². The van der Waals surface area contributed by atoms with Gasteiger partial charge in [0.25, 0.3) is 0 Å². The normalized spacial score (nSPS) is 11.5. The number of fused-ring (bicyclic) bond motifs is 6. The summed E-state index contributed by atoms with van der Waals surface area (Å²) in [6.07, 6.45) is 0. The van der Waals surface area contributed by atoms with Crippen LogP contribution < -0.4 is 0 Å². The van der Waals surface area contributed by atoms with Gasteiger partial charge in [-0.25, -0.2) is 15.0 Å². The zero-order valence-electron chi connectivity index (χ0n) is 29.7. The van der Waals surface area contributed by atoms with Crippen LogP contribution in [0, 0.1) is 25.2 Å². The molecule has 54 heavy (non-hydrogen) atoms. The number of hydrogen-bond donors (Lipinski definition) is 0. The fraction of sp³-hybridized carbons (Fsp3) is 0.0417. The lowest BCUT2D eigenvalue weighted by Gasteiger charge is -2.20. The van der Waals surface area contributed by atoms with E-state index < -0.39 is 0 Å². The molecule has 0 spiro atoms. The van der Waals surface area contributed by atoms with E-state index in [0.29, 0.717) is 23.0 Å². The average Bonchev–Trinajstić information content (AvgIpc) is 3.72. The molecule has 0 bridgehead atoms. The maximum Gasteiger partial charge on any atom is 0.167 e. The van der Waals surface area contributed by atoms with E-state index >= 15 is 0 Å². The van der Waals surface area contributed by atoms with Crippen LogP contribution in [0.2, 0.25) is 0 Å². The molecule has 254 valence electrons. The van der Waals surface area contributed by atoms with Crippen molar-refractivity contribution < 1.29 is 0 Å². The van der Waals surface area contributed by atoms with E-state index in [9.17, 15) is 5.26 Å². The van der Waals surface area contributed by atoms with Crippen molar-refractivity contribution in [3.8, 4) is 51.1 Å². The predicted octanol–water partition coefficient (Wildman–Crippen LogP) is 11.6. The van der Waals surface area contributed by atoms with Crippen LogP contribution in [-0.4, -0.2) is 24.1 Å². The maximum absolute atomic E-state index is 10.8. The third kappa shape index (κ3) is 4.98. The Morgan fingerprint density at radius 2 is 0.852 bits per heavy atom. The van der Waals surface area contributed by atoms with Gasteiger partial charge in [0, 0.05) is 21.5 Å². The Bertz CT molecular complexity index is 2930. The number of benzene rings is 7. The van der Waals surface area contributed by atoms with E-state index in [0.717, 1.165) is 82.8 Å². The van der Waals surface area contributed by atoms with Gasteiger partial charge < -0.3 is 9.13 Å². The summed E-state index contributed by atoms with van der Waals surface area (Å²) in [5.74, 6) is 1.80. The Morgan fingerprint density at radius 1 is 0.426 bits per heavy atom. The molecule has 0 saturated carbocycles. The summed E-state index contributed by atoms with van der Waals surface area (Å²) < 4.78 is 4.57. The Labute approximate surface area is 311 Å².